The second-order valence-corrected chi connectivity index (χ2v) is 7.07. The first-order valence-electron chi connectivity index (χ1n) is 9.26. The summed E-state index contributed by atoms with van der Waals surface area (Å²) < 4.78 is 15.5. The highest BCUT2D eigenvalue weighted by atomic mass is 35.5. The molecule has 0 aliphatic rings. The number of aliphatic hydroxyl groups excluding tert-OH is 1. The molecule has 0 saturated carbocycles. The SMILES string of the molecule is C[C@H](N)c1nc2c(F)ccc(Cl)c2c(=O)n1-c1cccc(NC(=O)NCCCO)c1. The fraction of sp³-hybridized carbons (Fsp3) is 0.250. The predicted octanol–water partition coefficient (Wildman–Crippen LogP) is 2.70. The average molecular weight is 434 g/mol. The van der Waals surface area contributed by atoms with Crippen molar-refractivity contribution < 1.29 is 14.3 Å². The summed E-state index contributed by atoms with van der Waals surface area (Å²) in [5, 5.41) is 14.1. The Morgan fingerprint density at radius 2 is 2.13 bits per heavy atom. The molecule has 158 valence electrons. The van der Waals surface area contributed by atoms with Gasteiger partial charge in [-0.2, -0.15) is 0 Å². The monoisotopic (exact) mass is 433 g/mol. The van der Waals surface area contributed by atoms with Crippen molar-refractivity contribution in [3.8, 4) is 5.69 Å². The van der Waals surface area contributed by atoms with E-state index in [0.29, 0.717) is 24.3 Å². The molecule has 3 aromatic rings. The molecule has 0 aliphatic carbocycles. The number of rotatable bonds is 6. The zero-order chi connectivity index (χ0) is 21.8. The number of amides is 2. The Labute approximate surface area is 176 Å². The van der Waals surface area contributed by atoms with Gasteiger partial charge in [-0.25, -0.2) is 14.2 Å². The number of urea groups is 1. The third-order valence-electron chi connectivity index (χ3n) is 4.34. The molecule has 0 unspecified atom stereocenters. The topological polar surface area (TPSA) is 122 Å². The molecular weight excluding hydrogens is 413 g/mol. The standard InChI is InChI=1S/C20H21ClFN5O3/c1-11(23)18-26-17-15(22)7-6-14(21)16(17)19(29)27(18)13-5-2-4-12(10-13)25-20(30)24-8-3-9-28/h2,4-7,10-11,28H,3,8-9,23H2,1H3,(H2,24,25,30)/t11-/m0/s1. The number of anilines is 1. The average Bonchev–Trinajstić information content (AvgIpc) is 2.70. The highest BCUT2D eigenvalue weighted by Gasteiger charge is 2.20. The molecule has 1 aromatic heterocycles. The lowest BCUT2D eigenvalue weighted by molar-refractivity contribution is 0.249. The van der Waals surface area contributed by atoms with Crippen LogP contribution in [0.3, 0.4) is 0 Å². The van der Waals surface area contributed by atoms with Crippen LogP contribution < -0.4 is 21.9 Å². The molecule has 0 spiro atoms. The van der Waals surface area contributed by atoms with Crippen molar-refractivity contribution in [2.75, 3.05) is 18.5 Å². The Morgan fingerprint density at radius 3 is 2.83 bits per heavy atom. The van der Waals surface area contributed by atoms with Gasteiger partial charge >= 0.3 is 6.03 Å². The van der Waals surface area contributed by atoms with Crippen molar-refractivity contribution in [3.63, 3.8) is 0 Å². The van der Waals surface area contributed by atoms with Crippen LogP contribution in [0.2, 0.25) is 5.02 Å². The molecule has 0 aliphatic heterocycles. The molecule has 2 amide bonds. The van der Waals surface area contributed by atoms with Crippen molar-refractivity contribution in [2.45, 2.75) is 19.4 Å². The van der Waals surface area contributed by atoms with Gasteiger partial charge in [0, 0.05) is 18.8 Å². The number of fused-ring (bicyclic) bond motifs is 1. The third-order valence-corrected chi connectivity index (χ3v) is 4.66. The normalized spacial score (nSPS) is 12.0. The number of hydrogen-bond donors (Lipinski definition) is 4. The molecule has 1 heterocycles. The summed E-state index contributed by atoms with van der Waals surface area (Å²) in [4.78, 5) is 29.5. The number of nitrogens with zero attached hydrogens (tertiary/aromatic N) is 2. The smallest absolute Gasteiger partial charge is 0.319 e. The number of halogens is 2. The van der Waals surface area contributed by atoms with Crippen molar-refractivity contribution in [2.24, 2.45) is 5.73 Å². The number of benzene rings is 2. The van der Waals surface area contributed by atoms with Gasteiger partial charge in [-0.1, -0.05) is 17.7 Å². The minimum Gasteiger partial charge on any atom is -0.396 e. The van der Waals surface area contributed by atoms with Gasteiger partial charge in [0.2, 0.25) is 0 Å². The maximum Gasteiger partial charge on any atom is 0.319 e. The van der Waals surface area contributed by atoms with Crippen LogP contribution in [-0.2, 0) is 0 Å². The Hall–Kier alpha value is -3.01. The molecule has 0 bridgehead atoms. The Balaban J connectivity index is 2.09. The summed E-state index contributed by atoms with van der Waals surface area (Å²) in [6.07, 6.45) is 0.431. The first-order valence-corrected chi connectivity index (χ1v) is 9.63. The Morgan fingerprint density at radius 1 is 1.37 bits per heavy atom. The lowest BCUT2D eigenvalue weighted by Crippen LogP contribution is -2.30. The number of carbonyl (C=O) groups is 1. The molecule has 0 saturated heterocycles. The molecule has 0 fully saturated rings. The third kappa shape index (κ3) is 4.43. The van der Waals surface area contributed by atoms with E-state index in [0.717, 1.165) is 6.07 Å². The minimum absolute atomic E-state index is 0.0309. The molecule has 10 heteroatoms. The van der Waals surface area contributed by atoms with Crippen LogP contribution in [0.4, 0.5) is 14.9 Å². The maximum atomic E-state index is 14.3. The molecule has 1 atom stereocenters. The Bertz CT molecular complexity index is 1150. The van der Waals surface area contributed by atoms with E-state index in [1.54, 1.807) is 31.2 Å². The first-order chi connectivity index (χ1) is 14.3. The number of carbonyl (C=O) groups excluding carboxylic acids is 1. The number of aliphatic hydroxyl groups is 1. The lowest BCUT2D eigenvalue weighted by atomic mass is 10.2. The number of aromatic nitrogens is 2. The van der Waals surface area contributed by atoms with Crippen molar-refractivity contribution in [3.05, 3.63) is 63.4 Å². The molecular formula is C20H21ClFN5O3. The Kier molecular flexibility index (Phi) is 6.66. The van der Waals surface area contributed by atoms with Gasteiger partial charge in [-0.3, -0.25) is 9.36 Å². The zero-order valence-electron chi connectivity index (χ0n) is 16.2. The van der Waals surface area contributed by atoms with Crippen LogP contribution in [0.25, 0.3) is 16.6 Å². The van der Waals surface area contributed by atoms with E-state index in [2.05, 4.69) is 15.6 Å². The number of nitrogens with two attached hydrogens (primary N) is 1. The molecule has 2 aromatic carbocycles. The van der Waals surface area contributed by atoms with Gasteiger partial charge in [0.1, 0.15) is 17.2 Å². The summed E-state index contributed by atoms with van der Waals surface area (Å²) in [6, 6.07) is 7.81. The molecule has 30 heavy (non-hydrogen) atoms. The van der Waals surface area contributed by atoms with Gasteiger partial charge in [0.15, 0.2) is 0 Å². The summed E-state index contributed by atoms with van der Waals surface area (Å²) in [7, 11) is 0. The van der Waals surface area contributed by atoms with Gasteiger partial charge in [-0.15, -0.1) is 0 Å². The fourth-order valence-corrected chi connectivity index (χ4v) is 3.20. The van der Waals surface area contributed by atoms with E-state index in [4.69, 9.17) is 22.4 Å². The second-order valence-electron chi connectivity index (χ2n) is 6.66. The van der Waals surface area contributed by atoms with E-state index < -0.39 is 23.4 Å². The predicted molar refractivity (Wildman–Crippen MR) is 114 cm³/mol. The van der Waals surface area contributed by atoms with Gasteiger partial charge in [-0.05, 0) is 43.7 Å². The van der Waals surface area contributed by atoms with Crippen molar-refractivity contribution in [1.29, 1.82) is 0 Å². The van der Waals surface area contributed by atoms with E-state index in [1.807, 2.05) is 0 Å². The van der Waals surface area contributed by atoms with Gasteiger partial charge in [0.05, 0.1) is 22.1 Å². The van der Waals surface area contributed by atoms with Crippen LogP contribution in [-0.4, -0.2) is 33.8 Å². The summed E-state index contributed by atoms with van der Waals surface area (Å²) in [5.41, 5.74) is 6.10. The van der Waals surface area contributed by atoms with Crippen molar-refractivity contribution >= 4 is 34.2 Å². The van der Waals surface area contributed by atoms with Gasteiger partial charge in [0.25, 0.3) is 5.56 Å². The van der Waals surface area contributed by atoms with E-state index in [-0.39, 0.29) is 28.4 Å². The van der Waals surface area contributed by atoms with Gasteiger partial charge < -0.3 is 21.5 Å². The fourth-order valence-electron chi connectivity index (χ4n) is 2.97. The van der Waals surface area contributed by atoms with Crippen LogP contribution in [0, 0.1) is 5.82 Å². The quantitative estimate of drug-likeness (QED) is 0.445. The number of hydrogen-bond acceptors (Lipinski definition) is 5. The molecule has 3 rings (SSSR count). The van der Waals surface area contributed by atoms with Crippen LogP contribution in [0.1, 0.15) is 25.2 Å². The second kappa shape index (κ2) is 9.21. The summed E-state index contributed by atoms with van der Waals surface area (Å²) in [5.74, 6) is -0.520. The van der Waals surface area contributed by atoms with Crippen molar-refractivity contribution in [1.82, 2.24) is 14.9 Å². The summed E-state index contributed by atoms with van der Waals surface area (Å²) in [6.45, 7) is 1.91. The molecule has 0 radical (unpaired) electrons. The molecule has 5 N–H and O–H groups in total. The van der Waals surface area contributed by atoms with Crippen LogP contribution in [0.5, 0.6) is 0 Å². The highest BCUT2D eigenvalue weighted by Crippen LogP contribution is 2.25. The largest absolute Gasteiger partial charge is 0.396 e. The summed E-state index contributed by atoms with van der Waals surface area (Å²) >= 11 is 6.15. The lowest BCUT2D eigenvalue weighted by Gasteiger charge is -2.17. The minimum atomic E-state index is -0.682. The van der Waals surface area contributed by atoms with E-state index >= 15 is 0 Å². The van der Waals surface area contributed by atoms with Crippen LogP contribution in [0.15, 0.2) is 41.2 Å². The zero-order valence-corrected chi connectivity index (χ0v) is 16.9. The van der Waals surface area contributed by atoms with E-state index in [1.165, 1.54) is 10.6 Å². The first kappa shape index (κ1) is 21.7. The maximum absolute atomic E-state index is 14.3. The van der Waals surface area contributed by atoms with Crippen LogP contribution >= 0.6 is 11.6 Å². The van der Waals surface area contributed by atoms with E-state index in [9.17, 15) is 14.0 Å². The molecule has 8 nitrogen and oxygen atoms in total. The highest BCUT2D eigenvalue weighted by molar-refractivity contribution is 6.35. The number of nitrogens with one attached hydrogen (secondary N) is 2.